The quantitative estimate of drug-likeness (QED) is 0.746. The van der Waals surface area contributed by atoms with Crippen LogP contribution in [0.1, 0.15) is 11.4 Å². The molecule has 0 fully saturated rings. The van der Waals surface area contributed by atoms with E-state index in [4.69, 9.17) is 4.74 Å². The second-order valence-electron chi connectivity index (χ2n) is 3.32. The number of hydrogen-bond acceptors (Lipinski definition) is 4. The number of nitrogens with one attached hydrogen (secondary N) is 1. The lowest BCUT2D eigenvalue weighted by molar-refractivity contribution is 0.168. The second kappa shape index (κ2) is 5.67. The summed E-state index contributed by atoms with van der Waals surface area (Å²) >= 11 is 0. The van der Waals surface area contributed by atoms with Gasteiger partial charge in [-0.2, -0.15) is 0 Å². The Balaban J connectivity index is 2.53. The lowest BCUT2D eigenvalue weighted by Crippen LogP contribution is -2.32. The summed E-state index contributed by atoms with van der Waals surface area (Å²) in [5.41, 5.74) is 1.08. The molecule has 78 valence electrons. The highest BCUT2D eigenvalue weighted by molar-refractivity contribution is 5.02. The normalized spacial score (nSPS) is 12.8. The standard InChI is InChI=1S/C10H17N3O/c1-8-5-12-10(13-6-8)4-9(11-2)7-14-3/h5-6,9,11H,4,7H2,1-3H3. The van der Waals surface area contributed by atoms with Crippen molar-refractivity contribution in [1.29, 1.82) is 0 Å². The molecule has 1 aromatic heterocycles. The van der Waals surface area contributed by atoms with Crippen LogP contribution in [0.3, 0.4) is 0 Å². The van der Waals surface area contributed by atoms with E-state index >= 15 is 0 Å². The molecule has 0 amide bonds. The van der Waals surface area contributed by atoms with Crippen LogP contribution >= 0.6 is 0 Å². The summed E-state index contributed by atoms with van der Waals surface area (Å²) in [6.45, 7) is 2.65. The van der Waals surface area contributed by atoms with Crippen molar-refractivity contribution in [1.82, 2.24) is 15.3 Å². The molecule has 0 bridgehead atoms. The van der Waals surface area contributed by atoms with E-state index in [9.17, 15) is 0 Å². The molecule has 0 aromatic carbocycles. The zero-order valence-electron chi connectivity index (χ0n) is 8.95. The zero-order chi connectivity index (χ0) is 10.4. The van der Waals surface area contributed by atoms with Gasteiger partial charge in [0.15, 0.2) is 0 Å². The van der Waals surface area contributed by atoms with Crippen molar-refractivity contribution in [2.45, 2.75) is 19.4 Å². The Bertz CT molecular complexity index is 261. The molecule has 4 nitrogen and oxygen atoms in total. The van der Waals surface area contributed by atoms with Crippen molar-refractivity contribution in [2.75, 3.05) is 20.8 Å². The maximum absolute atomic E-state index is 5.07. The Morgan fingerprint density at radius 2 is 2.07 bits per heavy atom. The van der Waals surface area contributed by atoms with Gasteiger partial charge in [-0.25, -0.2) is 9.97 Å². The number of aryl methyl sites for hydroxylation is 1. The van der Waals surface area contributed by atoms with Gasteiger partial charge in [-0.1, -0.05) is 0 Å². The first-order valence-electron chi connectivity index (χ1n) is 4.70. The maximum atomic E-state index is 5.07. The van der Waals surface area contributed by atoms with E-state index in [0.29, 0.717) is 6.61 Å². The Labute approximate surface area is 84.7 Å². The fraction of sp³-hybridized carbons (Fsp3) is 0.600. The van der Waals surface area contributed by atoms with Crippen LogP contribution in [0.15, 0.2) is 12.4 Å². The molecule has 14 heavy (non-hydrogen) atoms. The van der Waals surface area contributed by atoms with Crippen LogP contribution in [-0.4, -0.2) is 36.8 Å². The van der Waals surface area contributed by atoms with Crippen molar-refractivity contribution < 1.29 is 4.74 Å². The average molecular weight is 195 g/mol. The Hall–Kier alpha value is -1.00. The lowest BCUT2D eigenvalue weighted by atomic mass is 10.2. The average Bonchev–Trinajstić information content (AvgIpc) is 2.20. The zero-order valence-corrected chi connectivity index (χ0v) is 8.95. The summed E-state index contributed by atoms with van der Waals surface area (Å²) in [5.74, 6) is 0.854. The first-order valence-corrected chi connectivity index (χ1v) is 4.70. The van der Waals surface area contributed by atoms with Crippen LogP contribution in [0.4, 0.5) is 0 Å². The number of likely N-dealkylation sites (N-methyl/N-ethyl adjacent to an activating group) is 1. The van der Waals surface area contributed by atoms with Gasteiger partial charge in [-0.15, -0.1) is 0 Å². The Kier molecular flexibility index (Phi) is 4.49. The molecule has 0 spiro atoms. The molecule has 1 heterocycles. The molecule has 1 N–H and O–H groups in total. The van der Waals surface area contributed by atoms with Crippen molar-refractivity contribution >= 4 is 0 Å². The van der Waals surface area contributed by atoms with Crippen molar-refractivity contribution in [2.24, 2.45) is 0 Å². The minimum Gasteiger partial charge on any atom is -0.383 e. The number of methoxy groups -OCH3 is 1. The van der Waals surface area contributed by atoms with Gasteiger partial charge in [0.1, 0.15) is 5.82 Å². The molecule has 1 unspecified atom stereocenters. The summed E-state index contributed by atoms with van der Waals surface area (Å²) in [4.78, 5) is 8.48. The van der Waals surface area contributed by atoms with E-state index in [1.54, 1.807) is 7.11 Å². The monoisotopic (exact) mass is 195 g/mol. The molecule has 0 saturated carbocycles. The topological polar surface area (TPSA) is 47.0 Å². The summed E-state index contributed by atoms with van der Waals surface area (Å²) in [6, 6.07) is 0.280. The molecule has 0 aliphatic carbocycles. The summed E-state index contributed by atoms with van der Waals surface area (Å²) in [7, 11) is 3.61. The van der Waals surface area contributed by atoms with Crippen molar-refractivity contribution in [3.05, 3.63) is 23.8 Å². The number of ether oxygens (including phenoxy) is 1. The Morgan fingerprint density at radius 1 is 1.43 bits per heavy atom. The predicted molar refractivity (Wildman–Crippen MR) is 55.2 cm³/mol. The number of hydrogen-bond donors (Lipinski definition) is 1. The Morgan fingerprint density at radius 3 is 2.57 bits per heavy atom. The fourth-order valence-electron chi connectivity index (χ4n) is 1.19. The lowest BCUT2D eigenvalue weighted by Gasteiger charge is -2.13. The van der Waals surface area contributed by atoms with Crippen molar-refractivity contribution in [3.63, 3.8) is 0 Å². The van der Waals surface area contributed by atoms with E-state index in [0.717, 1.165) is 17.8 Å². The smallest absolute Gasteiger partial charge is 0.129 e. The molecule has 0 radical (unpaired) electrons. The molecule has 0 aliphatic rings. The highest BCUT2D eigenvalue weighted by Crippen LogP contribution is 1.98. The van der Waals surface area contributed by atoms with Gasteiger partial charge >= 0.3 is 0 Å². The van der Waals surface area contributed by atoms with Gasteiger partial charge in [0.05, 0.1) is 6.61 Å². The number of nitrogens with zero attached hydrogens (tertiary/aromatic N) is 2. The minimum atomic E-state index is 0.280. The van der Waals surface area contributed by atoms with Crippen LogP contribution in [0.25, 0.3) is 0 Å². The van der Waals surface area contributed by atoms with Crippen LogP contribution in [0.2, 0.25) is 0 Å². The molecular weight excluding hydrogens is 178 g/mol. The van der Waals surface area contributed by atoms with Gasteiger partial charge in [-0.05, 0) is 19.5 Å². The predicted octanol–water partition coefficient (Wildman–Crippen LogP) is 0.562. The molecule has 1 aromatic rings. The van der Waals surface area contributed by atoms with Crippen molar-refractivity contribution in [3.8, 4) is 0 Å². The minimum absolute atomic E-state index is 0.280. The highest BCUT2D eigenvalue weighted by atomic mass is 16.5. The van der Waals surface area contributed by atoms with Gasteiger partial charge in [0.25, 0.3) is 0 Å². The first kappa shape index (κ1) is 11.1. The van der Waals surface area contributed by atoms with Crippen LogP contribution in [0, 0.1) is 6.92 Å². The van der Waals surface area contributed by atoms with Crippen LogP contribution < -0.4 is 5.32 Å². The highest BCUT2D eigenvalue weighted by Gasteiger charge is 2.08. The van der Waals surface area contributed by atoms with Crippen LogP contribution in [0.5, 0.6) is 0 Å². The van der Waals surface area contributed by atoms with Crippen LogP contribution in [-0.2, 0) is 11.2 Å². The third kappa shape index (κ3) is 3.40. The van der Waals surface area contributed by atoms with E-state index in [1.807, 2.05) is 26.4 Å². The second-order valence-corrected chi connectivity index (χ2v) is 3.32. The third-order valence-electron chi connectivity index (χ3n) is 2.04. The SMILES string of the molecule is CNC(COC)Cc1ncc(C)cn1. The van der Waals surface area contributed by atoms with E-state index in [-0.39, 0.29) is 6.04 Å². The molecule has 1 rings (SSSR count). The fourth-order valence-corrected chi connectivity index (χ4v) is 1.19. The van der Waals surface area contributed by atoms with Gasteiger partial charge < -0.3 is 10.1 Å². The van der Waals surface area contributed by atoms with Gasteiger partial charge in [0, 0.05) is 32.0 Å². The van der Waals surface area contributed by atoms with E-state index in [1.165, 1.54) is 0 Å². The largest absolute Gasteiger partial charge is 0.383 e. The number of rotatable bonds is 5. The van der Waals surface area contributed by atoms with E-state index < -0.39 is 0 Å². The third-order valence-corrected chi connectivity index (χ3v) is 2.04. The molecule has 1 atom stereocenters. The molecule has 4 heteroatoms. The first-order chi connectivity index (χ1) is 6.76. The summed E-state index contributed by atoms with van der Waals surface area (Å²) in [5, 5.41) is 3.16. The molecule has 0 saturated heterocycles. The number of aromatic nitrogens is 2. The summed E-state index contributed by atoms with van der Waals surface area (Å²) < 4.78 is 5.07. The van der Waals surface area contributed by atoms with E-state index in [2.05, 4.69) is 15.3 Å². The maximum Gasteiger partial charge on any atom is 0.129 e. The molecular formula is C10H17N3O. The molecule has 0 aliphatic heterocycles. The summed E-state index contributed by atoms with van der Waals surface area (Å²) in [6.07, 6.45) is 4.47. The van der Waals surface area contributed by atoms with Gasteiger partial charge in [0.2, 0.25) is 0 Å². The van der Waals surface area contributed by atoms with Gasteiger partial charge in [-0.3, -0.25) is 0 Å².